The van der Waals surface area contributed by atoms with Crippen LogP contribution < -0.4 is 9.47 Å². The van der Waals surface area contributed by atoms with Gasteiger partial charge in [0.15, 0.2) is 11.5 Å². The Kier molecular flexibility index (Phi) is 14.2. The zero-order chi connectivity index (χ0) is 20.5. The van der Waals surface area contributed by atoms with Crippen LogP contribution in [0.15, 0.2) is 24.3 Å². The number of unbranched alkanes of at least 4 members (excludes halogenated alkanes) is 11. The van der Waals surface area contributed by atoms with Crippen molar-refractivity contribution in [3.63, 3.8) is 0 Å². The SMILES string of the molecule is CCCCCCC=CCCCCCCCCCc1cc(OC)cc(OC)c1O. The summed E-state index contributed by atoms with van der Waals surface area (Å²) >= 11 is 0. The van der Waals surface area contributed by atoms with Crippen LogP contribution in [0, 0.1) is 0 Å². The van der Waals surface area contributed by atoms with Crippen LogP contribution in [-0.4, -0.2) is 19.3 Å². The normalized spacial score (nSPS) is 11.2. The molecule has 3 heteroatoms. The zero-order valence-electron chi connectivity index (χ0n) is 18.5. The summed E-state index contributed by atoms with van der Waals surface area (Å²) in [6.45, 7) is 2.26. The van der Waals surface area contributed by atoms with E-state index in [0.29, 0.717) is 5.75 Å². The maximum absolute atomic E-state index is 10.2. The summed E-state index contributed by atoms with van der Waals surface area (Å²) in [6.07, 6.45) is 22.4. The molecule has 1 N–H and O–H groups in total. The minimum absolute atomic E-state index is 0.252. The summed E-state index contributed by atoms with van der Waals surface area (Å²) in [4.78, 5) is 0. The lowest BCUT2D eigenvalue weighted by molar-refractivity contribution is 0.360. The molecule has 160 valence electrons. The minimum atomic E-state index is 0.252. The van der Waals surface area contributed by atoms with Crippen molar-refractivity contribution in [2.45, 2.75) is 96.8 Å². The number of rotatable bonds is 17. The Morgan fingerprint density at radius 2 is 1.32 bits per heavy atom. The number of hydrogen-bond donors (Lipinski definition) is 1. The lowest BCUT2D eigenvalue weighted by atomic mass is 10.0. The van der Waals surface area contributed by atoms with Crippen LogP contribution in [0.3, 0.4) is 0 Å². The molecular weight excluding hydrogens is 348 g/mol. The fourth-order valence-electron chi connectivity index (χ4n) is 3.49. The monoisotopic (exact) mass is 390 g/mol. The number of ether oxygens (including phenoxy) is 2. The van der Waals surface area contributed by atoms with E-state index in [9.17, 15) is 5.11 Å². The molecule has 1 aromatic carbocycles. The van der Waals surface area contributed by atoms with Crippen molar-refractivity contribution in [3.05, 3.63) is 29.8 Å². The number of aryl methyl sites for hydroxylation is 1. The van der Waals surface area contributed by atoms with E-state index in [2.05, 4.69) is 19.1 Å². The van der Waals surface area contributed by atoms with Gasteiger partial charge in [0.25, 0.3) is 0 Å². The molecule has 0 saturated heterocycles. The predicted octanol–water partition coefficient (Wildman–Crippen LogP) is 7.60. The summed E-state index contributed by atoms with van der Waals surface area (Å²) < 4.78 is 10.5. The fourth-order valence-corrected chi connectivity index (χ4v) is 3.49. The van der Waals surface area contributed by atoms with Crippen molar-refractivity contribution in [1.29, 1.82) is 0 Å². The smallest absolute Gasteiger partial charge is 0.164 e. The average Bonchev–Trinajstić information content (AvgIpc) is 2.71. The molecule has 0 bridgehead atoms. The van der Waals surface area contributed by atoms with Gasteiger partial charge in [-0.15, -0.1) is 0 Å². The third-order valence-electron chi connectivity index (χ3n) is 5.29. The van der Waals surface area contributed by atoms with Crippen molar-refractivity contribution >= 4 is 0 Å². The largest absolute Gasteiger partial charge is 0.504 e. The van der Waals surface area contributed by atoms with Crippen molar-refractivity contribution in [2.75, 3.05) is 14.2 Å². The zero-order valence-corrected chi connectivity index (χ0v) is 18.5. The highest BCUT2D eigenvalue weighted by molar-refractivity contribution is 5.50. The molecule has 0 saturated carbocycles. The first-order chi connectivity index (χ1) is 13.7. The third kappa shape index (κ3) is 10.6. The third-order valence-corrected chi connectivity index (χ3v) is 5.29. The first-order valence-corrected chi connectivity index (χ1v) is 11.3. The molecule has 3 nitrogen and oxygen atoms in total. The maximum Gasteiger partial charge on any atom is 0.164 e. The molecule has 28 heavy (non-hydrogen) atoms. The van der Waals surface area contributed by atoms with Crippen LogP contribution in [-0.2, 0) is 6.42 Å². The van der Waals surface area contributed by atoms with Gasteiger partial charge in [0.1, 0.15) is 5.75 Å². The molecule has 0 radical (unpaired) electrons. The second-order valence-corrected chi connectivity index (χ2v) is 7.67. The Balaban J connectivity index is 2.03. The van der Waals surface area contributed by atoms with Crippen LogP contribution in [0.25, 0.3) is 0 Å². The van der Waals surface area contributed by atoms with Crippen molar-refractivity contribution in [1.82, 2.24) is 0 Å². The first kappa shape index (κ1) is 24.4. The van der Waals surface area contributed by atoms with E-state index in [1.54, 1.807) is 20.3 Å². The number of allylic oxidation sites excluding steroid dienone is 2. The summed E-state index contributed by atoms with van der Waals surface area (Å²) in [5, 5.41) is 10.2. The van der Waals surface area contributed by atoms with Gasteiger partial charge < -0.3 is 14.6 Å². The molecule has 0 aromatic heterocycles. The number of aromatic hydroxyl groups is 1. The molecule has 0 aliphatic carbocycles. The van der Waals surface area contributed by atoms with E-state index in [-0.39, 0.29) is 5.75 Å². The molecule has 0 fully saturated rings. The van der Waals surface area contributed by atoms with Gasteiger partial charge in [-0.1, -0.05) is 70.4 Å². The summed E-state index contributed by atoms with van der Waals surface area (Å²) in [7, 11) is 3.21. The highest BCUT2D eigenvalue weighted by Gasteiger charge is 2.10. The van der Waals surface area contributed by atoms with Gasteiger partial charge in [0.2, 0.25) is 0 Å². The Hall–Kier alpha value is -1.64. The Morgan fingerprint density at radius 1 is 0.750 bits per heavy atom. The van der Waals surface area contributed by atoms with Gasteiger partial charge in [-0.2, -0.15) is 0 Å². The Morgan fingerprint density at radius 3 is 1.89 bits per heavy atom. The van der Waals surface area contributed by atoms with Crippen LogP contribution in [0.4, 0.5) is 0 Å². The van der Waals surface area contributed by atoms with Gasteiger partial charge in [-0.3, -0.25) is 0 Å². The number of phenols is 1. The molecule has 0 aliphatic rings. The highest BCUT2D eigenvalue weighted by atomic mass is 16.5. The van der Waals surface area contributed by atoms with E-state index in [0.717, 1.165) is 24.2 Å². The number of benzene rings is 1. The maximum atomic E-state index is 10.2. The van der Waals surface area contributed by atoms with Crippen molar-refractivity contribution in [3.8, 4) is 17.2 Å². The minimum Gasteiger partial charge on any atom is -0.504 e. The van der Waals surface area contributed by atoms with Crippen molar-refractivity contribution < 1.29 is 14.6 Å². The quantitative estimate of drug-likeness (QED) is 0.220. The number of phenolic OH excluding ortho intramolecular Hbond substituents is 1. The van der Waals surface area contributed by atoms with E-state index < -0.39 is 0 Å². The van der Waals surface area contributed by atoms with Crippen LogP contribution in [0.2, 0.25) is 0 Å². The van der Waals surface area contributed by atoms with E-state index in [1.807, 2.05) is 6.07 Å². The van der Waals surface area contributed by atoms with E-state index in [1.165, 1.54) is 77.0 Å². The number of hydrogen-bond acceptors (Lipinski definition) is 3. The Bertz CT molecular complexity index is 537. The molecule has 0 atom stereocenters. The van der Waals surface area contributed by atoms with Gasteiger partial charge in [-0.05, 0) is 44.6 Å². The summed E-state index contributed by atoms with van der Waals surface area (Å²) in [5.74, 6) is 1.48. The number of methoxy groups -OCH3 is 2. The van der Waals surface area contributed by atoms with E-state index >= 15 is 0 Å². The van der Waals surface area contributed by atoms with Gasteiger partial charge >= 0.3 is 0 Å². The van der Waals surface area contributed by atoms with Gasteiger partial charge in [0.05, 0.1) is 14.2 Å². The topological polar surface area (TPSA) is 38.7 Å². The molecule has 0 unspecified atom stereocenters. The summed E-state index contributed by atoms with van der Waals surface area (Å²) in [5.41, 5.74) is 0.915. The second kappa shape index (κ2) is 16.3. The van der Waals surface area contributed by atoms with Crippen LogP contribution >= 0.6 is 0 Å². The first-order valence-electron chi connectivity index (χ1n) is 11.3. The standard InChI is InChI=1S/C25H42O3/c1-4-5-6-7-8-9-10-11-12-13-14-15-16-17-18-19-22-20-23(27-2)21-24(28-3)25(22)26/h9-10,20-21,26H,4-8,11-19H2,1-3H3. The molecule has 0 heterocycles. The van der Waals surface area contributed by atoms with E-state index in [4.69, 9.17) is 9.47 Å². The van der Waals surface area contributed by atoms with Gasteiger partial charge in [0, 0.05) is 11.6 Å². The molecule has 1 aromatic rings. The lowest BCUT2D eigenvalue weighted by Gasteiger charge is -2.11. The molecule has 0 aliphatic heterocycles. The molecule has 0 spiro atoms. The molecule has 1 rings (SSSR count). The second-order valence-electron chi connectivity index (χ2n) is 7.67. The summed E-state index contributed by atoms with van der Waals surface area (Å²) in [6, 6.07) is 3.63. The Labute approximate surface area is 173 Å². The molecule has 0 amide bonds. The van der Waals surface area contributed by atoms with Crippen LogP contribution in [0.5, 0.6) is 17.2 Å². The predicted molar refractivity (Wildman–Crippen MR) is 120 cm³/mol. The van der Waals surface area contributed by atoms with Crippen molar-refractivity contribution in [2.24, 2.45) is 0 Å². The fraction of sp³-hybridized carbons (Fsp3) is 0.680. The van der Waals surface area contributed by atoms with Crippen LogP contribution in [0.1, 0.15) is 96.0 Å². The lowest BCUT2D eigenvalue weighted by Crippen LogP contribution is -1.94. The highest BCUT2D eigenvalue weighted by Crippen LogP contribution is 2.35. The molecular formula is C25H42O3. The van der Waals surface area contributed by atoms with Gasteiger partial charge in [-0.25, -0.2) is 0 Å². The average molecular weight is 391 g/mol.